The fourth-order valence-corrected chi connectivity index (χ4v) is 1.30. The molecule has 0 bridgehead atoms. The molecule has 16 heavy (non-hydrogen) atoms. The second-order valence-electron chi connectivity index (χ2n) is 3.70. The molecule has 0 aliphatic carbocycles. The summed E-state index contributed by atoms with van der Waals surface area (Å²) >= 11 is 0. The zero-order valence-electron chi connectivity index (χ0n) is 9.47. The van der Waals surface area contributed by atoms with Gasteiger partial charge in [-0.25, -0.2) is 0 Å². The standard InChI is InChI=1S/C13H14N2O/c1-15(2)10-12(9-14)13(16)8-11-6-4-3-5-7-11/h3-7,10H,8H2,1-2H3. The maximum atomic E-state index is 11.8. The number of allylic oxidation sites excluding steroid dienone is 1. The molecule has 3 nitrogen and oxygen atoms in total. The molecule has 1 rings (SSSR count). The monoisotopic (exact) mass is 214 g/mol. The number of rotatable bonds is 4. The molecule has 0 spiro atoms. The lowest BCUT2D eigenvalue weighted by Crippen LogP contribution is -2.10. The van der Waals surface area contributed by atoms with Gasteiger partial charge in [0.15, 0.2) is 5.78 Å². The highest BCUT2D eigenvalue weighted by Gasteiger charge is 2.09. The predicted molar refractivity (Wildman–Crippen MR) is 62.5 cm³/mol. The molecule has 82 valence electrons. The van der Waals surface area contributed by atoms with E-state index in [1.54, 1.807) is 25.2 Å². The van der Waals surface area contributed by atoms with Crippen LogP contribution >= 0.6 is 0 Å². The molecule has 0 saturated carbocycles. The molecule has 0 aliphatic rings. The fourth-order valence-electron chi connectivity index (χ4n) is 1.30. The van der Waals surface area contributed by atoms with Crippen LogP contribution in [-0.2, 0) is 11.2 Å². The van der Waals surface area contributed by atoms with Crippen LogP contribution in [0.15, 0.2) is 42.1 Å². The van der Waals surface area contributed by atoms with Gasteiger partial charge in [0, 0.05) is 26.7 Å². The molecule has 1 aromatic rings. The highest BCUT2D eigenvalue weighted by molar-refractivity contribution is 6.00. The lowest BCUT2D eigenvalue weighted by molar-refractivity contribution is -0.114. The fraction of sp³-hybridized carbons (Fsp3) is 0.231. The van der Waals surface area contributed by atoms with Crippen LogP contribution in [0, 0.1) is 11.3 Å². The van der Waals surface area contributed by atoms with E-state index >= 15 is 0 Å². The van der Waals surface area contributed by atoms with Gasteiger partial charge in [-0.1, -0.05) is 30.3 Å². The summed E-state index contributed by atoms with van der Waals surface area (Å²) in [6, 6.07) is 11.3. The Labute approximate surface area is 95.6 Å². The molecule has 3 heteroatoms. The normalized spacial score (nSPS) is 10.7. The van der Waals surface area contributed by atoms with Gasteiger partial charge >= 0.3 is 0 Å². The van der Waals surface area contributed by atoms with Crippen molar-refractivity contribution in [3.63, 3.8) is 0 Å². The summed E-state index contributed by atoms with van der Waals surface area (Å²) in [5, 5.41) is 8.86. The van der Waals surface area contributed by atoms with E-state index < -0.39 is 0 Å². The Balaban J connectivity index is 2.76. The van der Waals surface area contributed by atoms with Crippen LogP contribution in [0.4, 0.5) is 0 Å². The van der Waals surface area contributed by atoms with Gasteiger partial charge in [0.25, 0.3) is 0 Å². The minimum Gasteiger partial charge on any atom is -0.382 e. The largest absolute Gasteiger partial charge is 0.382 e. The number of benzene rings is 1. The third-order valence-electron chi connectivity index (χ3n) is 2.02. The SMILES string of the molecule is CN(C)C=C(C#N)C(=O)Cc1ccccc1. The molecule has 0 heterocycles. The first-order valence-electron chi connectivity index (χ1n) is 4.99. The molecule has 0 fully saturated rings. The number of nitrogens with zero attached hydrogens (tertiary/aromatic N) is 2. The van der Waals surface area contributed by atoms with Gasteiger partial charge < -0.3 is 4.90 Å². The van der Waals surface area contributed by atoms with Crippen LogP contribution < -0.4 is 0 Å². The summed E-state index contributed by atoms with van der Waals surface area (Å²) in [4.78, 5) is 13.5. The van der Waals surface area contributed by atoms with Crippen molar-refractivity contribution >= 4 is 5.78 Å². The molecule has 0 amide bonds. The minimum absolute atomic E-state index is 0.151. The first-order valence-corrected chi connectivity index (χ1v) is 4.99. The van der Waals surface area contributed by atoms with Crippen molar-refractivity contribution in [2.24, 2.45) is 0 Å². The van der Waals surface area contributed by atoms with Crippen LogP contribution in [0.3, 0.4) is 0 Å². The quantitative estimate of drug-likeness (QED) is 0.566. The maximum absolute atomic E-state index is 11.8. The van der Waals surface area contributed by atoms with Crippen molar-refractivity contribution in [1.29, 1.82) is 5.26 Å². The zero-order chi connectivity index (χ0) is 12.0. The number of hydrogen-bond donors (Lipinski definition) is 0. The Morgan fingerprint density at radius 1 is 1.38 bits per heavy atom. The Kier molecular flexibility index (Phi) is 4.28. The third kappa shape index (κ3) is 3.58. The molecule has 0 radical (unpaired) electrons. The van der Waals surface area contributed by atoms with Gasteiger partial charge in [0.2, 0.25) is 0 Å². The Morgan fingerprint density at radius 2 is 2.00 bits per heavy atom. The molecular formula is C13H14N2O. The van der Waals surface area contributed by atoms with Crippen LogP contribution in [0.2, 0.25) is 0 Å². The first kappa shape index (κ1) is 12.0. The van der Waals surface area contributed by atoms with Crippen molar-refractivity contribution in [3.05, 3.63) is 47.7 Å². The van der Waals surface area contributed by atoms with Crippen molar-refractivity contribution < 1.29 is 4.79 Å². The Morgan fingerprint density at radius 3 is 2.50 bits per heavy atom. The van der Waals surface area contributed by atoms with Gasteiger partial charge in [-0.15, -0.1) is 0 Å². The number of carbonyl (C=O) groups excluding carboxylic acids is 1. The molecule has 0 aliphatic heterocycles. The smallest absolute Gasteiger partial charge is 0.179 e. The molecular weight excluding hydrogens is 200 g/mol. The van der Waals surface area contributed by atoms with Crippen LogP contribution in [0.5, 0.6) is 0 Å². The van der Waals surface area contributed by atoms with E-state index in [1.807, 2.05) is 36.4 Å². The minimum atomic E-state index is -0.151. The average molecular weight is 214 g/mol. The van der Waals surface area contributed by atoms with Crippen LogP contribution in [0.1, 0.15) is 5.56 Å². The summed E-state index contributed by atoms with van der Waals surface area (Å²) in [5.74, 6) is -0.151. The van der Waals surface area contributed by atoms with Crippen LogP contribution in [-0.4, -0.2) is 24.8 Å². The summed E-state index contributed by atoms with van der Waals surface area (Å²) in [7, 11) is 3.57. The van der Waals surface area contributed by atoms with Gasteiger partial charge in [0.1, 0.15) is 11.6 Å². The predicted octanol–water partition coefficient (Wildman–Crippen LogP) is 1.77. The number of Topliss-reactive ketones (excluding diaryl/α,β-unsaturated/α-hetero) is 1. The van der Waals surface area contributed by atoms with Crippen molar-refractivity contribution in [3.8, 4) is 6.07 Å². The molecule has 0 atom stereocenters. The summed E-state index contributed by atoms with van der Waals surface area (Å²) < 4.78 is 0. The van der Waals surface area contributed by atoms with Crippen molar-refractivity contribution in [1.82, 2.24) is 4.90 Å². The number of nitriles is 1. The Hall–Kier alpha value is -2.08. The zero-order valence-corrected chi connectivity index (χ0v) is 9.47. The van der Waals surface area contributed by atoms with Gasteiger partial charge in [-0.2, -0.15) is 5.26 Å². The van der Waals surface area contributed by atoms with E-state index in [0.29, 0.717) is 0 Å². The van der Waals surface area contributed by atoms with Gasteiger partial charge in [-0.3, -0.25) is 4.79 Å². The molecule has 0 N–H and O–H groups in total. The van der Waals surface area contributed by atoms with E-state index in [2.05, 4.69) is 0 Å². The highest BCUT2D eigenvalue weighted by Crippen LogP contribution is 2.05. The van der Waals surface area contributed by atoms with E-state index in [9.17, 15) is 4.79 Å². The number of carbonyl (C=O) groups is 1. The molecule has 1 aromatic carbocycles. The van der Waals surface area contributed by atoms with Gasteiger partial charge in [-0.05, 0) is 5.56 Å². The summed E-state index contributed by atoms with van der Waals surface area (Å²) in [6.07, 6.45) is 1.82. The van der Waals surface area contributed by atoms with E-state index in [1.165, 1.54) is 0 Å². The second kappa shape index (κ2) is 5.72. The second-order valence-corrected chi connectivity index (χ2v) is 3.70. The molecule has 0 saturated heterocycles. The summed E-state index contributed by atoms with van der Waals surface area (Å²) in [6.45, 7) is 0. The maximum Gasteiger partial charge on any atom is 0.179 e. The lowest BCUT2D eigenvalue weighted by Gasteiger charge is -2.05. The van der Waals surface area contributed by atoms with E-state index in [4.69, 9.17) is 5.26 Å². The number of hydrogen-bond acceptors (Lipinski definition) is 3. The highest BCUT2D eigenvalue weighted by atomic mass is 16.1. The molecule has 0 aromatic heterocycles. The van der Waals surface area contributed by atoms with Crippen molar-refractivity contribution in [2.75, 3.05) is 14.1 Å². The average Bonchev–Trinajstić information content (AvgIpc) is 2.26. The molecule has 0 unspecified atom stereocenters. The number of ketones is 1. The van der Waals surface area contributed by atoms with Gasteiger partial charge in [0.05, 0.1) is 0 Å². The van der Waals surface area contributed by atoms with Crippen molar-refractivity contribution in [2.45, 2.75) is 6.42 Å². The topological polar surface area (TPSA) is 44.1 Å². The van der Waals surface area contributed by atoms with Crippen LogP contribution in [0.25, 0.3) is 0 Å². The third-order valence-corrected chi connectivity index (χ3v) is 2.02. The Bertz CT molecular complexity index is 427. The van der Waals surface area contributed by atoms with E-state index in [-0.39, 0.29) is 17.8 Å². The lowest BCUT2D eigenvalue weighted by atomic mass is 10.0. The summed E-state index contributed by atoms with van der Waals surface area (Å²) in [5.41, 5.74) is 1.11. The van der Waals surface area contributed by atoms with E-state index in [0.717, 1.165) is 5.56 Å². The first-order chi connectivity index (χ1) is 7.63.